The Morgan fingerprint density at radius 2 is 1.91 bits per heavy atom. The molecule has 6 nitrogen and oxygen atoms in total. The molecule has 0 unspecified atom stereocenters. The number of urea groups is 1. The van der Waals surface area contributed by atoms with Gasteiger partial charge in [0, 0.05) is 22.5 Å². The average Bonchev–Trinajstić information content (AvgIpc) is 2.47. The van der Waals surface area contributed by atoms with Gasteiger partial charge in [-0.25, -0.2) is 4.79 Å². The Morgan fingerprint density at radius 3 is 2.68 bits per heavy atom. The molecule has 0 bridgehead atoms. The van der Waals surface area contributed by atoms with Crippen LogP contribution in [0.25, 0.3) is 0 Å². The first kappa shape index (κ1) is 14.2. The number of nitrogens with one attached hydrogen (secondary N) is 3. The second kappa shape index (κ2) is 5.95. The molecule has 1 heterocycles. The van der Waals surface area contributed by atoms with Gasteiger partial charge in [0.25, 0.3) is 5.91 Å². The number of hydrogen-bond acceptors (Lipinski definition) is 3. The molecule has 22 heavy (non-hydrogen) atoms. The van der Waals surface area contributed by atoms with Gasteiger partial charge in [-0.3, -0.25) is 4.79 Å². The normalized spacial score (nSPS) is 12.7. The Morgan fingerprint density at radius 1 is 1.14 bits per heavy atom. The molecule has 2 aromatic carbocycles. The minimum Gasteiger partial charge on any atom is -0.482 e. The fourth-order valence-electron chi connectivity index (χ4n) is 2.01. The van der Waals surface area contributed by atoms with Crippen LogP contribution in [-0.2, 0) is 4.79 Å². The van der Waals surface area contributed by atoms with Crippen LogP contribution >= 0.6 is 11.6 Å². The lowest BCUT2D eigenvalue weighted by Gasteiger charge is -2.18. The Kier molecular flexibility index (Phi) is 3.84. The Bertz CT molecular complexity index is 749. The minimum absolute atomic E-state index is 0.0365. The standard InChI is InChI=1S/C15H12ClN3O3/c16-9-2-1-3-10(6-9)17-15(21)18-11-4-5-12-13(7-11)22-8-14(20)19-12/h1-7H,8H2,(H,19,20)(H2,17,18,21). The summed E-state index contributed by atoms with van der Waals surface area (Å²) in [7, 11) is 0. The number of ether oxygens (including phenoxy) is 1. The third kappa shape index (κ3) is 3.29. The van der Waals surface area contributed by atoms with Crippen LogP contribution in [0.15, 0.2) is 42.5 Å². The van der Waals surface area contributed by atoms with E-state index in [1.165, 1.54) is 0 Å². The number of carbonyl (C=O) groups is 2. The molecule has 0 atom stereocenters. The van der Waals surface area contributed by atoms with Gasteiger partial charge in [0.05, 0.1) is 5.69 Å². The second-order valence-electron chi connectivity index (χ2n) is 4.64. The van der Waals surface area contributed by atoms with Crippen molar-refractivity contribution in [1.29, 1.82) is 0 Å². The zero-order valence-corrected chi connectivity index (χ0v) is 12.1. The third-order valence-corrected chi connectivity index (χ3v) is 3.19. The molecule has 0 aromatic heterocycles. The van der Waals surface area contributed by atoms with E-state index < -0.39 is 6.03 Å². The summed E-state index contributed by atoms with van der Waals surface area (Å²) in [5.74, 6) is 0.312. The van der Waals surface area contributed by atoms with Crippen molar-refractivity contribution >= 4 is 40.6 Å². The molecule has 3 rings (SSSR count). The predicted octanol–water partition coefficient (Wildman–Crippen LogP) is 3.31. The minimum atomic E-state index is -0.401. The fraction of sp³-hybridized carbons (Fsp3) is 0.0667. The number of carbonyl (C=O) groups excluding carboxylic acids is 2. The maximum atomic E-state index is 11.9. The van der Waals surface area contributed by atoms with Gasteiger partial charge in [-0.05, 0) is 30.3 Å². The fourth-order valence-corrected chi connectivity index (χ4v) is 2.20. The number of rotatable bonds is 2. The molecule has 3 N–H and O–H groups in total. The predicted molar refractivity (Wildman–Crippen MR) is 84.7 cm³/mol. The number of halogens is 1. The Balaban J connectivity index is 1.68. The summed E-state index contributed by atoms with van der Waals surface area (Å²) in [5, 5.41) is 8.58. The average molecular weight is 318 g/mol. The van der Waals surface area contributed by atoms with E-state index in [1.807, 2.05) is 0 Å². The second-order valence-corrected chi connectivity index (χ2v) is 5.07. The molecule has 0 radical (unpaired) electrons. The summed E-state index contributed by atoms with van der Waals surface area (Å²) in [6.07, 6.45) is 0. The number of hydrogen-bond donors (Lipinski definition) is 3. The van der Waals surface area contributed by atoms with E-state index in [0.29, 0.717) is 27.8 Å². The molecule has 0 aliphatic carbocycles. The van der Waals surface area contributed by atoms with Crippen LogP contribution in [0, 0.1) is 0 Å². The number of fused-ring (bicyclic) bond motifs is 1. The van der Waals surface area contributed by atoms with Gasteiger partial charge in [0.2, 0.25) is 0 Å². The molecule has 0 spiro atoms. The van der Waals surface area contributed by atoms with E-state index in [4.69, 9.17) is 16.3 Å². The monoisotopic (exact) mass is 317 g/mol. The quantitative estimate of drug-likeness (QED) is 0.795. The highest BCUT2D eigenvalue weighted by Gasteiger charge is 2.16. The van der Waals surface area contributed by atoms with Crippen molar-refractivity contribution in [2.75, 3.05) is 22.6 Å². The summed E-state index contributed by atoms with van der Waals surface area (Å²) in [6.45, 7) is -0.0365. The smallest absolute Gasteiger partial charge is 0.323 e. The van der Waals surface area contributed by atoms with Crippen molar-refractivity contribution in [2.24, 2.45) is 0 Å². The number of amides is 3. The van der Waals surface area contributed by atoms with E-state index in [9.17, 15) is 9.59 Å². The lowest BCUT2D eigenvalue weighted by molar-refractivity contribution is -0.118. The van der Waals surface area contributed by atoms with E-state index >= 15 is 0 Å². The summed E-state index contributed by atoms with van der Waals surface area (Å²) >= 11 is 5.86. The first-order chi connectivity index (χ1) is 10.6. The summed E-state index contributed by atoms with van der Waals surface area (Å²) in [6, 6.07) is 11.4. The molecule has 0 fully saturated rings. The highest BCUT2D eigenvalue weighted by Crippen LogP contribution is 2.30. The van der Waals surface area contributed by atoms with Gasteiger partial charge in [0.15, 0.2) is 6.61 Å². The van der Waals surface area contributed by atoms with E-state index in [1.54, 1.807) is 42.5 Å². The van der Waals surface area contributed by atoms with Crippen LogP contribution < -0.4 is 20.7 Å². The highest BCUT2D eigenvalue weighted by atomic mass is 35.5. The highest BCUT2D eigenvalue weighted by molar-refractivity contribution is 6.30. The van der Waals surface area contributed by atoms with E-state index in [2.05, 4.69) is 16.0 Å². The number of anilines is 3. The van der Waals surface area contributed by atoms with Gasteiger partial charge in [0.1, 0.15) is 5.75 Å². The molecule has 3 amide bonds. The van der Waals surface area contributed by atoms with Crippen molar-refractivity contribution in [3.05, 3.63) is 47.5 Å². The van der Waals surface area contributed by atoms with Crippen LogP contribution in [0.3, 0.4) is 0 Å². The molecule has 1 aliphatic rings. The number of benzene rings is 2. The Labute approximate surface area is 131 Å². The summed E-state index contributed by atoms with van der Waals surface area (Å²) in [5.41, 5.74) is 1.72. The van der Waals surface area contributed by atoms with Crippen LogP contribution in [-0.4, -0.2) is 18.5 Å². The maximum absolute atomic E-state index is 11.9. The lowest BCUT2D eigenvalue weighted by Crippen LogP contribution is -2.25. The van der Waals surface area contributed by atoms with Crippen LogP contribution in [0.1, 0.15) is 0 Å². The maximum Gasteiger partial charge on any atom is 0.323 e. The van der Waals surface area contributed by atoms with Gasteiger partial charge in [-0.1, -0.05) is 17.7 Å². The van der Waals surface area contributed by atoms with Gasteiger partial charge in [-0.2, -0.15) is 0 Å². The van der Waals surface area contributed by atoms with E-state index in [-0.39, 0.29) is 12.5 Å². The van der Waals surface area contributed by atoms with Gasteiger partial charge < -0.3 is 20.7 Å². The van der Waals surface area contributed by atoms with Crippen LogP contribution in [0.2, 0.25) is 5.02 Å². The van der Waals surface area contributed by atoms with Crippen molar-refractivity contribution in [2.45, 2.75) is 0 Å². The van der Waals surface area contributed by atoms with Crippen molar-refractivity contribution in [3.63, 3.8) is 0 Å². The first-order valence-corrected chi connectivity index (χ1v) is 6.88. The van der Waals surface area contributed by atoms with Crippen molar-refractivity contribution < 1.29 is 14.3 Å². The summed E-state index contributed by atoms with van der Waals surface area (Å²) in [4.78, 5) is 23.1. The van der Waals surface area contributed by atoms with Crippen molar-refractivity contribution in [1.82, 2.24) is 0 Å². The molecule has 7 heteroatoms. The molecule has 112 valence electrons. The topological polar surface area (TPSA) is 79.5 Å². The molecule has 1 aliphatic heterocycles. The van der Waals surface area contributed by atoms with Gasteiger partial charge >= 0.3 is 6.03 Å². The molecule has 2 aromatic rings. The molecule has 0 saturated carbocycles. The molecule has 0 saturated heterocycles. The first-order valence-electron chi connectivity index (χ1n) is 6.50. The largest absolute Gasteiger partial charge is 0.482 e. The van der Waals surface area contributed by atoms with Crippen molar-refractivity contribution in [3.8, 4) is 5.75 Å². The lowest BCUT2D eigenvalue weighted by atomic mass is 10.2. The zero-order chi connectivity index (χ0) is 15.5. The Hall–Kier alpha value is -2.73. The SMILES string of the molecule is O=C1COc2cc(NC(=O)Nc3cccc(Cl)c3)ccc2N1. The van der Waals surface area contributed by atoms with Crippen LogP contribution in [0.5, 0.6) is 5.75 Å². The van der Waals surface area contributed by atoms with Crippen LogP contribution in [0.4, 0.5) is 21.9 Å². The third-order valence-electron chi connectivity index (χ3n) is 2.95. The molecular formula is C15H12ClN3O3. The molecular weight excluding hydrogens is 306 g/mol. The zero-order valence-electron chi connectivity index (χ0n) is 11.4. The van der Waals surface area contributed by atoms with Gasteiger partial charge in [-0.15, -0.1) is 0 Å². The van der Waals surface area contributed by atoms with E-state index in [0.717, 1.165) is 0 Å². The summed E-state index contributed by atoms with van der Waals surface area (Å²) < 4.78 is 5.29.